The van der Waals surface area contributed by atoms with E-state index in [4.69, 9.17) is 4.74 Å². The van der Waals surface area contributed by atoms with Crippen LogP contribution in [0.25, 0.3) is 0 Å². The topological polar surface area (TPSA) is 21.3 Å². The van der Waals surface area contributed by atoms with Crippen molar-refractivity contribution in [2.45, 2.75) is 32.9 Å². The molecule has 88 valence electrons. The lowest BCUT2D eigenvalue weighted by molar-refractivity contribution is 0.265. The van der Waals surface area contributed by atoms with Crippen LogP contribution in [0.2, 0.25) is 0 Å². The molecule has 0 fully saturated rings. The Morgan fingerprint density at radius 2 is 2.06 bits per heavy atom. The van der Waals surface area contributed by atoms with Crippen molar-refractivity contribution in [3.8, 4) is 5.75 Å². The van der Waals surface area contributed by atoms with E-state index in [1.165, 1.54) is 5.56 Å². The number of ether oxygens (including phenoxy) is 1. The number of hydrogen-bond acceptors (Lipinski definition) is 2. The average Bonchev–Trinajstić information content (AvgIpc) is 2.30. The van der Waals surface area contributed by atoms with Crippen LogP contribution in [0.5, 0.6) is 5.75 Å². The van der Waals surface area contributed by atoms with Crippen molar-refractivity contribution >= 4 is 0 Å². The zero-order valence-corrected chi connectivity index (χ0v) is 10.4. The fourth-order valence-corrected chi connectivity index (χ4v) is 1.61. The van der Waals surface area contributed by atoms with Crippen molar-refractivity contribution < 1.29 is 4.74 Å². The first-order valence-electron chi connectivity index (χ1n) is 5.80. The summed E-state index contributed by atoms with van der Waals surface area (Å²) in [6.07, 6.45) is 1.84. The van der Waals surface area contributed by atoms with Gasteiger partial charge in [0.2, 0.25) is 0 Å². The molecule has 2 nitrogen and oxygen atoms in total. The monoisotopic (exact) mass is 219 g/mol. The minimum absolute atomic E-state index is 0.0370. The van der Waals surface area contributed by atoms with E-state index < -0.39 is 0 Å². The van der Waals surface area contributed by atoms with E-state index in [-0.39, 0.29) is 6.10 Å². The van der Waals surface area contributed by atoms with Gasteiger partial charge in [0.25, 0.3) is 0 Å². The molecule has 0 aliphatic rings. The SMILES string of the molecule is C=CC(C)Oc1ccccc1C(C)NCC. The Kier molecular flexibility index (Phi) is 5.06. The largest absolute Gasteiger partial charge is 0.486 e. The Labute approximate surface area is 98.3 Å². The smallest absolute Gasteiger partial charge is 0.124 e. The Morgan fingerprint density at radius 3 is 2.69 bits per heavy atom. The van der Waals surface area contributed by atoms with Crippen molar-refractivity contribution in [1.29, 1.82) is 0 Å². The predicted octanol–water partition coefficient (Wildman–Crippen LogP) is 3.31. The lowest BCUT2D eigenvalue weighted by atomic mass is 10.1. The molecule has 1 N–H and O–H groups in total. The molecular formula is C14H21NO. The van der Waals surface area contributed by atoms with Crippen LogP contribution in [-0.4, -0.2) is 12.6 Å². The molecule has 1 rings (SSSR count). The van der Waals surface area contributed by atoms with Crippen molar-refractivity contribution in [1.82, 2.24) is 5.32 Å². The van der Waals surface area contributed by atoms with Crippen LogP contribution in [0.4, 0.5) is 0 Å². The second kappa shape index (κ2) is 6.33. The van der Waals surface area contributed by atoms with Gasteiger partial charge in [-0.1, -0.05) is 37.8 Å². The number of benzene rings is 1. The molecule has 0 amide bonds. The van der Waals surface area contributed by atoms with Gasteiger partial charge in [0, 0.05) is 11.6 Å². The summed E-state index contributed by atoms with van der Waals surface area (Å²) in [5.74, 6) is 0.934. The van der Waals surface area contributed by atoms with Gasteiger partial charge in [-0.3, -0.25) is 0 Å². The van der Waals surface area contributed by atoms with E-state index in [0.29, 0.717) is 6.04 Å². The maximum Gasteiger partial charge on any atom is 0.124 e. The van der Waals surface area contributed by atoms with Gasteiger partial charge in [0.15, 0.2) is 0 Å². The summed E-state index contributed by atoms with van der Waals surface area (Å²) in [4.78, 5) is 0. The highest BCUT2D eigenvalue weighted by molar-refractivity contribution is 5.36. The summed E-state index contributed by atoms with van der Waals surface area (Å²) in [5, 5.41) is 3.39. The Bertz CT molecular complexity index is 335. The third-order valence-electron chi connectivity index (χ3n) is 2.54. The third-order valence-corrected chi connectivity index (χ3v) is 2.54. The van der Waals surface area contributed by atoms with Crippen LogP contribution in [-0.2, 0) is 0 Å². The van der Waals surface area contributed by atoms with E-state index in [0.717, 1.165) is 12.3 Å². The van der Waals surface area contributed by atoms with E-state index in [9.17, 15) is 0 Å². The molecule has 0 heterocycles. The van der Waals surface area contributed by atoms with E-state index >= 15 is 0 Å². The van der Waals surface area contributed by atoms with Crippen molar-refractivity contribution in [3.05, 3.63) is 42.5 Å². The number of rotatable bonds is 6. The quantitative estimate of drug-likeness (QED) is 0.741. The second-order valence-corrected chi connectivity index (χ2v) is 3.88. The van der Waals surface area contributed by atoms with E-state index in [2.05, 4.69) is 31.8 Å². The molecule has 0 saturated carbocycles. The first-order valence-corrected chi connectivity index (χ1v) is 5.80. The highest BCUT2D eigenvalue weighted by Gasteiger charge is 2.11. The van der Waals surface area contributed by atoms with Gasteiger partial charge < -0.3 is 10.1 Å². The van der Waals surface area contributed by atoms with Gasteiger partial charge in [0.05, 0.1) is 0 Å². The van der Waals surface area contributed by atoms with Gasteiger partial charge in [-0.05, 0) is 26.5 Å². The maximum absolute atomic E-state index is 5.80. The predicted molar refractivity (Wildman–Crippen MR) is 68.8 cm³/mol. The summed E-state index contributed by atoms with van der Waals surface area (Å²) < 4.78 is 5.80. The van der Waals surface area contributed by atoms with Gasteiger partial charge in [-0.25, -0.2) is 0 Å². The van der Waals surface area contributed by atoms with Gasteiger partial charge in [-0.2, -0.15) is 0 Å². The molecule has 0 aliphatic heterocycles. The zero-order valence-electron chi connectivity index (χ0n) is 10.4. The van der Waals surface area contributed by atoms with Crippen LogP contribution >= 0.6 is 0 Å². The van der Waals surface area contributed by atoms with Crippen LogP contribution in [0.1, 0.15) is 32.4 Å². The molecule has 16 heavy (non-hydrogen) atoms. The fraction of sp³-hybridized carbons (Fsp3) is 0.429. The summed E-state index contributed by atoms with van der Waals surface area (Å²) in [7, 11) is 0. The Balaban J connectivity index is 2.86. The standard InChI is InChI=1S/C14H21NO/c1-5-11(3)16-14-10-8-7-9-13(14)12(4)15-6-2/h5,7-12,15H,1,6H2,2-4H3. The molecule has 0 bridgehead atoms. The summed E-state index contributed by atoms with van der Waals surface area (Å²) >= 11 is 0. The van der Waals surface area contributed by atoms with Gasteiger partial charge >= 0.3 is 0 Å². The molecule has 0 radical (unpaired) electrons. The third kappa shape index (κ3) is 3.38. The minimum atomic E-state index is 0.0370. The van der Waals surface area contributed by atoms with Crippen LogP contribution in [0.15, 0.2) is 36.9 Å². The van der Waals surface area contributed by atoms with E-state index in [1.807, 2.05) is 25.1 Å². The van der Waals surface area contributed by atoms with E-state index in [1.54, 1.807) is 6.08 Å². The molecular weight excluding hydrogens is 198 g/mol. The van der Waals surface area contributed by atoms with Gasteiger partial charge in [-0.15, -0.1) is 0 Å². The van der Waals surface area contributed by atoms with Crippen molar-refractivity contribution in [2.24, 2.45) is 0 Å². The maximum atomic E-state index is 5.80. The fourth-order valence-electron chi connectivity index (χ4n) is 1.61. The Hall–Kier alpha value is -1.28. The van der Waals surface area contributed by atoms with Crippen molar-refractivity contribution in [3.63, 3.8) is 0 Å². The molecule has 0 spiro atoms. The number of nitrogens with one attached hydrogen (secondary N) is 1. The second-order valence-electron chi connectivity index (χ2n) is 3.88. The van der Waals surface area contributed by atoms with Gasteiger partial charge in [0.1, 0.15) is 11.9 Å². The van der Waals surface area contributed by atoms with Crippen LogP contribution < -0.4 is 10.1 Å². The Morgan fingerprint density at radius 1 is 1.38 bits per heavy atom. The molecule has 2 heteroatoms. The van der Waals surface area contributed by atoms with Crippen molar-refractivity contribution in [2.75, 3.05) is 6.54 Å². The van der Waals surface area contributed by atoms with Crippen LogP contribution in [0, 0.1) is 0 Å². The summed E-state index contributed by atoms with van der Waals surface area (Å²) in [5.41, 5.74) is 1.19. The molecule has 1 aromatic carbocycles. The number of hydrogen-bond donors (Lipinski definition) is 1. The summed E-state index contributed by atoms with van der Waals surface area (Å²) in [6, 6.07) is 8.43. The minimum Gasteiger partial charge on any atom is -0.486 e. The zero-order chi connectivity index (χ0) is 12.0. The molecule has 0 aromatic heterocycles. The van der Waals surface area contributed by atoms with Crippen LogP contribution in [0.3, 0.4) is 0 Å². The lowest BCUT2D eigenvalue weighted by Crippen LogP contribution is -2.19. The molecule has 2 atom stereocenters. The highest BCUT2D eigenvalue weighted by atomic mass is 16.5. The molecule has 0 saturated heterocycles. The summed E-state index contributed by atoms with van der Waals surface area (Å²) in [6.45, 7) is 10.9. The first kappa shape index (κ1) is 12.8. The molecule has 1 aromatic rings. The normalized spacial score (nSPS) is 14.2. The first-order chi connectivity index (χ1) is 7.69. The molecule has 2 unspecified atom stereocenters. The molecule has 0 aliphatic carbocycles. The average molecular weight is 219 g/mol. The lowest BCUT2D eigenvalue weighted by Gasteiger charge is -2.19. The highest BCUT2D eigenvalue weighted by Crippen LogP contribution is 2.25. The number of para-hydroxylation sites is 1.